The molecule has 0 aliphatic carbocycles. The molecule has 4 aromatic rings. The number of nitrogens with zero attached hydrogens (tertiary/aromatic N) is 2. The Morgan fingerprint density at radius 3 is 2.82 bits per heavy atom. The molecule has 3 aromatic heterocycles. The summed E-state index contributed by atoms with van der Waals surface area (Å²) in [6, 6.07) is 12.9. The first kappa shape index (κ1) is 18.5. The summed E-state index contributed by atoms with van der Waals surface area (Å²) in [7, 11) is 1.34. The number of esters is 1. The number of thiophene rings is 1. The molecule has 0 saturated heterocycles. The van der Waals surface area contributed by atoms with Gasteiger partial charge in [0.2, 0.25) is 0 Å². The molecule has 1 aromatic carbocycles. The molecule has 6 nitrogen and oxygen atoms in total. The van der Waals surface area contributed by atoms with Crippen molar-refractivity contribution in [2.75, 3.05) is 7.11 Å². The van der Waals surface area contributed by atoms with Gasteiger partial charge in [-0.2, -0.15) is 0 Å². The van der Waals surface area contributed by atoms with E-state index in [1.807, 2.05) is 35.7 Å². The number of methoxy groups -OCH3 is 1. The molecule has 3 heterocycles. The lowest BCUT2D eigenvalue weighted by Crippen LogP contribution is -2.21. The Morgan fingerprint density at radius 1 is 1.29 bits per heavy atom. The molecule has 0 atom stereocenters. The van der Waals surface area contributed by atoms with Crippen LogP contribution in [-0.4, -0.2) is 22.6 Å². The van der Waals surface area contributed by atoms with Crippen LogP contribution >= 0.6 is 23.1 Å². The lowest BCUT2D eigenvalue weighted by Gasteiger charge is -2.11. The highest BCUT2D eigenvalue weighted by Gasteiger charge is 2.18. The second kappa shape index (κ2) is 7.65. The summed E-state index contributed by atoms with van der Waals surface area (Å²) in [5.74, 6) is 1.11. The average Bonchev–Trinajstić information content (AvgIpc) is 3.33. The Morgan fingerprint density at radius 2 is 2.07 bits per heavy atom. The molecular formula is C20H16N2O4S2. The maximum atomic E-state index is 13.0. The summed E-state index contributed by atoms with van der Waals surface area (Å²) >= 11 is 2.81. The fourth-order valence-electron chi connectivity index (χ4n) is 2.86. The van der Waals surface area contributed by atoms with Crippen molar-refractivity contribution in [3.63, 3.8) is 0 Å². The molecule has 0 N–H and O–H groups in total. The van der Waals surface area contributed by atoms with E-state index in [0.29, 0.717) is 38.2 Å². The van der Waals surface area contributed by atoms with E-state index < -0.39 is 5.97 Å². The molecular weight excluding hydrogens is 396 g/mol. The molecule has 4 rings (SSSR count). The molecule has 0 aliphatic rings. The van der Waals surface area contributed by atoms with Crippen molar-refractivity contribution in [1.29, 1.82) is 0 Å². The van der Waals surface area contributed by atoms with Gasteiger partial charge in [0.05, 0.1) is 23.9 Å². The Bertz CT molecular complexity index is 1210. The lowest BCUT2D eigenvalue weighted by molar-refractivity contribution is 0.0599. The number of carbonyl (C=O) groups is 1. The van der Waals surface area contributed by atoms with Crippen LogP contribution in [0.3, 0.4) is 0 Å². The van der Waals surface area contributed by atoms with Crippen LogP contribution in [0.2, 0.25) is 0 Å². The van der Waals surface area contributed by atoms with E-state index in [4.69, 9.17) is 9.15 Å². The normalized spacial score (nSPS) is 11.1. The van der Waals surface area contributed by atoms with Crippen molar-refractivity contribution >= 4 is 39.3 Å². The smallest absolute Gasteiger partial charge is 0.341 e. The maximum Gasteiger partial charge on any atom is 0.341 e. The molecule has 0 unspecified atom stereocenters. The van der Waals surface area contributed by atoms with Crippen LogP contribution in [-0.2, 0) is 10.5 Å². The van der Waals surface area contributed by atoms with Crippen molar-refractivity contribution < 1.29 is 13.9 Å². The molecule has 0 saturated carbocycles. The van der Waals surface area contributed by atoms with Crippen LogP contribution in [0.4, 0.5) is 0 Å². The maximum absolute atomic E-state index is 13.0. The largest absolute Gasteiger partial charge is 0.465 e. The third kappa shape index (κ3) is 3.36. The molecule has 0 aliphatic heterocycles. The SMILES string of the molecule is COC(=O)c1cc(CSc2nc3sccc3c(=O)n2-c2ccccc2)oc1C. The average molecular weight is 412 g/mol. The number of benzene rings is 1. The van der Waals surface area contributed by atoms with Crippen LogP contribution in [0.15, 0.2) is 62.2 Å². The number of hydrogen-bond acceptors (Lipinski definition) is 7. The number of aromatic nitrogens is 2. The van der Waals surface area contributed by atoms with Gasteiger partial charge >= 0.3 is 5.97 Å². The van der Waals surface area contributed by atoms with Crippen molar-refractivity contribution in [3.8, 4) is 5.69 Å². The summed E-state index contributed by atoms with van der Waals surface area (Å²) in [6.45, 7) is 1.72. The molecule has 28 heavy (non-hydrogen) atoms. The molecule has 0 amide bonds. The third-order valence-corrected chi connectivity index (χ3v) is 5.97. The number of furan rings is 1. The summed E-state index contributed by atoms with van der Waals surface area (Å²) in [6.07, 6.45) is 0. The monoisotopic (exact) mass is 412 g/mol. The summed E-state index contributed by atoms with van der Waals surface area (Å²) in [5, 5.41) is 3.03. The van der Waals surface area contributed by atoms with E-state index >= 15 is 0 Å². The number of fused-ring (bicyclic) bond motifs is 1. The molecule has 0 bridgehead atoms. The van der Waals surface area contributed by atoms with E-state index in [2.05, 4.69) is 4.98 Å². The van der Waals surface area contributed by atoms with Crippen molar-refractivity contribution in [3.05, 3.63) is 75.3 Å². The third-order valence-electron chi connectivity index (χ3n) is 4.20. The fourth-order valence-corrected chi connectivity index (χ4v) is 4.56. The minimum atomic E-state index is -0.433. The van der Waals surface area contributed by atoms with E-state index in [9.17, 15) is 9.59 Å². The zero-order chi connectivity index (χ0) is 19.7. The van der Waals surface area contributed by atoms with E-state index in [-0.39, 0.29) is 5.56 Å². The Balaban J connectivity index is 1.73. The molecule has 0 radical (unpaired) electrons. The Labute approximate surface area is 168 Å². The minimum Gasteiger partial charge on any atom is -0.465 e. The van der Waals surface area contributed by atoms with Gasteiger partial charge in [0, 0.05) is 0 Å². The first-order valence-corrected chi connectivity index (χ1v) is 10.3. The molecule has 8 heteroatoms. The van der Waals surface area contributed by atoms with Crippen molar-refractivity contribution in [2.45, 2.75) is 17.8 Å². The second-order valence-corrected chi connectivity index (χ2v) is 7.81. The van der Waals surface area contributed by atoms with Gasteiger partial charge in [-0.3, -0.25) is 9.36 Å². The van der Waals surface area contributed by atoms with Crippen LogP contribution in [0.1, 0.15) is 21.9 Å². The number of carbonyl (C=O) groups excluding carboxylic acids is 1. The zero-order valence-electron chi connectivity index (χ0n) is 15.2. The Hall–Kier alpha value is -2.84. The van der Waals surface area contributed by atoms with Gasteiger partial charge < -0.3 is 9.15 Å². The lowest BCUT2D eigenvalue weighted by atomic mass is 10.2. The van der Waals surface area contributed by atoms with E-state index in [1.54, 1.807) is 23.6 Å². The van der Waals surface area contributed by atoms with Gasteiger partial charge in [-0.25, -0.2) is 9.78 Å². The standard InChI is InChI=1S/C20H16N2O4S2/c1-12-16(19(24)25-2)10-14(26-12)11-28-20-21-17-15(8-9-27-17)18(23)22(20)13-6-4-3-5-7-13/h3-10H,11H2,1-2H3. The van der Waals surface area contributed by atoms with Crippen LogP contribution < -0.4 is 5.56 Å². The minimum absolute atomic E-state index is 0.106. The molecule has 0 spiro atoms. The fraction of sp³-hybridized carbons (Fsp3) is 0.150. The first-order valence-electron chi connectivity index (χ1n) is 8.44. The van der Waals surface area contributed by atoms with Crippen LogP contribution in [0, 0.1) is 6.92 Å². The van der Waals surface area contributed by atoms with Crippen molar-refractivity contribution in [2.24, 2.45) is 0 Å². The van der Waals surface area contributed by atoms with Crippen molar-refractivity contribution in [1.82, 2.24) is 9.55 Å². The summed E-state index contributed by atoms with van der Waals surface area (Å²) in [5.41, 5.74) is 1.05. The zero-order valence-corrected chi connectivity index (χ0v) is 16.8. The number of rotatable bonds is 5. The van der Waals surface area contributed by atoms with Crippen LogP contribution in [0.25, 0.3) is 15.9 Å². The number of hydrogen-bond donors (Lipinski definition) is 0. The summed E-state index contributed by atoms with van der Waals surface area (Å²) in [4.78, 5) is 30.2. The first-order chi connectivity index (χ1) is 13.6. The highest BCUT2D eigenvalue weighted by Crippen LogP contribution is 2.28. The summed E-state index contributed by atoms with van der Waals surface area (Å²) < 4.78 is 12.0. The number of ether oxygens (including phenoxy) is 1. The van der Waals surface area contributed by atoms with Gasteiger partial charge in [-0.1, -0.05) is 30.0 Å². The molecule has 0 fully saturated rings. The number of para-hydroxylation sites is 1. The molecule has 142 valence electrons. The van der Waals surface area contributed by atoms with Gasteiger partial charge in [-0.15, -0.1) is 11.3 Å². The second-order valence-electron chi connectivity index (χ2n) is 5.97. The van der Waals surface area contributed by atoms with E-state index in [0.717, 1.165) is 5.69 Å². The Kier molecular flexibility index (Phi) is 5.06. The van der Waals surface area contributed by atoms with Gasteiger partial charge in [0.25, 0.3) is 5.56 Å². The predicted molar refractivity (Wildman–Crippen MR) is 110 cm³/mol. The number of thioether (sulfide) groups is 1. The highest BCUT2D eigenvalue weighted by molar-refractivity contribution is 7.98. The predicted octanol–water partition coefficient (Wildman–Crippen LogP) is 4.43. The van der Waals surface area contributed by atoms with Gasteiger partial charge in [0.15, 0.2) is 5.16 Å². The van der Waals surface area contributed by atoms with Gasteiger partial charge in [0.1, 0.15) is 21.9 Å². The van der Waals surface area contributed by atoms with Crippen LogP contribution in [0.5, 0.6) is 0 Å². The topological polar surface area (TPSA) is 74.3 Å². The van der Waals surface area contributed by atoms with Gasteiger partial charge in [-0.05, 0) is 36.6 Å². The quantitative estimate of drug-likeness (QED) is 0.274. The number of aryl methyl sites for hydroxylation is 1. The highest BCUT2D eigenvalue weighted by atomic mass is 32.2. The van der Waals surface area contributed by atoms with E-state index in [1.165, 1.54) is 30.2 Å².